The Kier molecular flexibility index (Phi) is 4.18. The van der Waals surface area contributed by atoms with Gasteiger partial charge in [0.25, 0.3) is 0 Å². The second-order valence-corrected chi connectivity index (χ2v) is 6.79. The highest BCUT2D eigenvalue weighted by Gasteiger charge is 2.09. The molecule has 0 aliphatic heterocycles. The van der Waals surface area contributed by atoms with Gasteiger partial charge in [0.15, 0.2) is 0 Å². The Morgan fingerprint density at radius 2 is 1.18 bits per heavy atom. The van der Waals surface area contributed by atoms with Gasteiger partial charge in [0.05, 0.1) is 0 Å². The van der Waals surface area contributed by atoms with Crippen LogP contribution in [0.2, 0.25) is 0 Å². The fourth-order valence-corrected chi connectivity index (χ4v) is 4.05. The van der Waals surface area contributed by atoms with Gasteiger partial charge in [0.2, 0.25) is 0 Å². The zero-order valence-electron chi connectivity index (χ0n) is 9.84. The lowest BCUT2D eigenvalue weighted by Gasteiger charge is -2.09. The minimum absolute atomic E-state index is 1.09. The number of benzene rings is 2. The first kappa shape index (κ1) is 11.7. The third-order valence-electron chi connectivity index (χ3n) is 2.89. The molecule has 0 saturated carbocycles. The highest BCUT2D eigenvalue weighted by molar-refractivity contribution is 6.66. The van der Waals surface area contributed by atoms with E-state index < -0.39 is 8.80 Å². The molecule has 0 N–H and O–H groups in total. The maximum atomic E-state index is 5.68. The van der Waals surface area contributed by atoms with Gasteiger partial charge in [-0.05, 0) is 23.2 Å². The van der Waals surface area contributed by atoms with Crippen molar-refractivity contribution in [2.45, 2.75) is 12.1 Å². The van der Waals surface area contributed by atoms with E-state index in [9.17, 15) is 0 Å². The molecule has 17 heavy (non-hydrogen) atoms. The molecule has 0 nitrogen and oxygen atoms in total. The second-order valence-electron chi connectivity index (χ2n) is 4.24. The maximum absolute atomic E-state index is 5.68. The molecule has 0 fully saturated rings. The van der Waals surface area contributed by atoms with Crippen molar-refractivity contribution in [1.29, 1.82) is 0 Å². The molecule has 0 bridgehead atoms. The first-order valence-corrected chi connectivity index (χ1v) is 8.13. The summed E-state index contributed by atoms with van der Waals surface area (Å²) >= 11 is 0. The van der Waals surface area contributed by atoms with E-state index in [1.54, 1.807) is 0 Å². The van der Waals surface area contributed by atoms with E-state index in [-0.39, 0.29) is 0 Å². The van der Waals surface area contributed by atoms with Crippen molar-refractivity contribution in [3.63, 3.8) is 0 Å². The smallest absolute Gasteiger partial charge is 0.131 e. The van der Waals surface area contributed by atoms with Crippen LogP contribution >= 0.6 is 0 Å². The Labute approximate surface area is 105 Å². The Bertz CT molecular complexity index is 440. The third-order valence-corrected chi connectivity index (χ3v) is 5.29. The van der Waals surface area contributed by atoms with Crippen LogP contribution in [0.1, 0.15) is 11.1 Å². The van der Waals surface area contributed by atoms with Crippen LogP contribution in [0.15, 0.2) is 60.7 Å². The van der Waals surface area contributed by atoms with Gasteiger partial charge in [-0.15, -0.1) is 12.0 Å². The van der Waals surface area contributed by atoms with Gasteiger partial charge in [-0.1, -0.05) is 60.7 Å². The van der Waals surface area contributed by atoms with E-state index in [0.717, 1.165) is 12.1 Å². The quantitative estimate of drug-likeness (QED) is 0.565. The number of hydrogen-bond donors (Lipinski definition) is 0. The van der Waals surface area contributed by atoms with Crippen LogP contribution in [0.4, 0.5) is 0 Å². The molecule has 0 saturated heterocycles. The highest BCUT2D eigenvalue weighted by Crippen LogP contribution is 2.07. The average molecular weight is 236 g/mol. The van der Waals surface area contributed by atoms with Crippen LogP contribution in [-0.2, 0) is 12.1 Å². The summed E-state index contributed by atoms with van der Waals surface area (Å²) in [6.07, 6.45) is 5.68. The first-order chi connectivity index (χ1) is 8.38. The normalized spacial score (nSPS) is 10.1. The Morgan fingerprint density at radius 1 is 0.765 bits per heavy atom. The van der Waals surface area contributed by atoms with Crippen LogP contribution in [0, 0.1) is 12.0 Å². The summed E-state index contributed by atoms with van der Waals surface area (Å²) in [5.74, 6) is 0. The molecule has 2 rings (SSSR count). The van der Waals surface area contributed by atoms with E-state index in [4.69, 9.17) is 6.42 Å². The summed E-state index contributed by atoms with van der Waals surface area (Å²) in [5, 5.41) is 0. The summed E-state index contributed by atoms with van der Waals surface area (Å²) < 4.78 is 0. The number of hydrogen-bond acceptors (Lipinski definition) is 0. The lowest BCUT2D eigenvalue weighted by atomic mass is 10.2. The number of terminal acetylenes is 1. The molecule has 0 radical (unpaired) electrons. The zero-order valence-corrected chi connectivity index (χ0v) is 11.0. The van der Waals surface area contributed by atoms with Gasteiger partial charge in [-0.2, -0.15) is 0 Å². The van der Waals surface area contributed by atoms with Crippen LogP contribution in [0.25, 0.3) is 0 Å². The maximum Gasteiger partial charge on any atom is 0.131 e. The predicted octanol–water partition coefficient (Wildman–Crippen LogP) is 2.95. The highest BCUT2D eigenvalue weighted by atomic mass is 28.3. The summed E-state index contributed by atoms with van der Waals surface area (Å²) in [6, 6.07) is 23.3. The largest absolute Gasteiger partial charge is 0.138 e. The Hall–Kier alpha value is -1.78. The standard InChI is InChI=1S/C16H16Si/c1-2-17(13-15-9-5-3-6-10-15)14-16-11-7-4-8-12-16/h1,3-12,17H,13-14H2. The third kappa shape index (κ3) is 3.62. The molecule has 0 unspecified atom stereocenters. The molecule has 0 heterocycles. The van der Waals surface area contributed by atoms with E-state index in [1.807, 2.05) is 12.1 Å². The summed E-state index contributed by atoms with van der Waals surface area (Å²) in [4.78, 5) is 0. The molecular weight excluding hydrogens is 220 g/mol. The molecule has 0 spiro atoms. The molecule has 1 heteroatoms. The van der Waals surface area contributed by atoms with Crippen molar-refractivity contribution in [2.24, 2.45) is 0 Å². The van der Waals surface area contributed by atoms with E-state index in [0.29, 0.717) is 0 Å². The van der Waals surface area contributed by atoms with Crippen molar-refractivity contribution < 1.29 is 0 Å². The molecule has 0 aliphatic rings. The topological polar surface area (TPSA) is 0 Å². The lowest BCUT2D eigenvalue weighted by molar-refractivity contribution is 1.28. The fourth-order valence-electron chi connectivity index (χ4n) is 1.99. The summed E-state index contributed by atoms with van der Waals surface area (Å²) in [6.45, 7) is 0. The summed E-state index contributed by atoms with van der Waals surface area (Å²) in [5.41, 5.74) is 5.78. The van der Waals surface area contributed by atoms with Crippen LogP contribution < -0.4 is 0 Å². The van der Waals surface area contributed by atoms with Gasteiger partial charge in [-0.3, -0.25) is 0 Å². The van der Waals surface area contributed by atoms with Crippen LogP contribution in [0.5, 0.6) is 0 Å². The average Bonchev–Trinajstić information content (AvgIpc) is 2.40. The minimum Gasteiger partial charge on any atom is -0.138 e. The van der Waals surface area contributed by atoms with Crippen LogP contribution in [0.3, 0.4) is 0 Å². The molecule has 2 aromatic carbocycles. The van der Waals surface area contributed by atoms with E-state index in [1.165, 1.54) is 11.1 Å². The Morgan fingerprint density at radius 3 is 1.53 bits per heavy atom. The molecule has 0 atom stereocenters. The molecule has 84 valence electrons. The van der Waals surface area contributed by atoms with Crippen molar-refractivity contribution in [1.82, 2.24) is 0 Å². The second kappa shape index (κ2) is 6.08. The number of rotatable bonds is 4. The predicted molar refractivity (Wildman–Crippen MR) is 76.3 cm³/mol. The zero-order chi connectivity index (χ0) is 11.9. The van der Waals surface area contributed by atoms with Crippen LogP contribution in [-0.4, -0.2) is 8.80 Å². The van der Waals surface area contributed by atoms with E-state index >= 15 is 0 Å². The lowest BCUT2D eigenvalue weighted by Crippen LogP contribution is -2.18. The van der Waals surface area contributed by atoms with Crippen molar-refractivity contribution in [2.75, 3.05) is 0 Å². The van der Waals surface area contributed by atoms with Gasteiger partial charge in [0, 0.05) is 0 Å². The minimum atomic E-state index is -1.14. The molecule has 0 aromatic heterocycles. The van der Waals surface area contributed by atoms with Crippen molar-refractivity contribution >= 4 is 8.80 Å². The SMILES string of the molecule is C#C[SiH](Cc1ccccc1)Cc1ccccc1. The van der Waals surface area contributed by atoms with Gasteiger partial charge in [-0.25, -0.2) is 0 Å². The van der Waals surface area contributed by atoms with Crippen molar-refractivity contribution in [3.05, 3.63) is 71.8 Å². The monoisotopic (exact) mass is 236 g/mol. The molecule has 0 amide bonds. The Balaban J connectivity index is 2.01. The fraction of sp³-hybridized carbons (Fsp3) is 0.125. The van der Waals surface area contributed by atoms with Gasteiger partial charge >= 0.3 is 0 Å². The van der Waals surface area contributed by atoms with Gasteiger partial charge < -0.3 is 0 Å². The molecular formula is C16H16Si. The van der Waals surface area contributed by atoms with Crippen molar-refractivity contribution in [3.8, 4) is 12.0 Å². The summed E-state index contributed by atoms with van der Waals surface area (Å²) in [7, 11) is -1.14. The van der Waals surface area contributed by atoms with Gasteiger partial charge in [0.1, 0.15) is 8.80 Å². The molecule has 0 aliphatic carbocycles. The first-order valence-electron chi connectivity index (χ1n) is 5.92. The van der Waals surface area contributed by atoms with E-state index in [2.05, 4.69) is 54.1 Å². The molecule has 2 aromatic rings.